The van der Waals surface area contributed by atoms with Gasteiger partial charge in [0.05, 0.1) is 12.2 Å². The van der Waals surface area contributed by atoms with Gasteiger partial charge in [0.25, 0.3) is 0 Å². The van der Waals surface area contributed by atoms with E-state index in [0.717, 1.165) is 44.8 Å². The molecule has 0 aromatic carbocycles. The summed E-state index contributed by atoms with van der Waals surface area (Å²) in [7, 11) is 0. The largest absolute Gasteiger partial charge is 0.311 e. The Morgan fingerprint density at radius 3 is 2.95 bits per heavy atom. The second kappa shape index (κ2) is 8.82. The molecule has 1 heterocycles. The molecule has 0 bridgehead atoms. The van der Waals surface area contributed by atoms with Crippen molar-refractivity contribution in [1.29, 1.82) is 0 Å². The monoisotopic (exact) mass is 265 g/mol. The van der Waals surface area contributed by atoms with E-state index >= 15 is 0 Å². The predicted octanol–water partition coefficient (Wildman–Crippen LogP) is 1.67. The van der Waals surface area contributed by atoms with Crippen LogP contribution in [-0.2, 0) is 13.1 Å². The molecule has 0 unspecified atom stereocenters. The molecule has 0 aliphatic rings. The summed E-state index contributed by atoms with van der Waals surface area (Å²) in [6, 6.07) is 0.521. The minimum Gasteiger partial charge on any atom is -0.311 e. The Labute approximate surface area is 116 Å². The molecule has 19 heavy (non-hydrogen) atoms. The fraction of sp³-hybridized carbons (Fsp3) is 0.714. The Kier molecular flexibility index (Phi) is 7.36. The lowest BCUT2D eigenvalue weighted by atomic mass is 10.3. The van der Waals surface area contributed by atoms with Gasteiger partial charge in [-0.1, -0.05) is 18.2 Å². The molecule has 0 atom stereocenters. The van der Waals surface area contributed by atoms with Crippen LogP contribution in [0.4, 0.5) is 0 Å². The van der Waals surface area contributed by atoms with Gasteiger partial charge in [0.1, 0.15) is 0 Å². The maximum Gasteiger partial charge on any atom is 0.0964 e. The third kappa shape index (κ3) is 5.98. The fourth-order valence-electron chi connectivity index (χ4n) is 1.88. The third-order valence-electron chi connectivity index (χ3n) is 3.03. The van der Waals surface area contributed by atoms with Gasteiger partial charge in [-0.2, -0.15) is 0 Å². The molecule has 1 rings (SSSR count). The summed E-state index contributed by atoms with van der Waals surface area (Å²) in [6.45, 7) is 14.9. The number of hydrogen-bond donors (Lipinski definition) is 1. The van der Waals surface area contributed by atoms with Crippen LogP contribution in [-0.4, -0.2) is 45.6 Å². The van der Waals surface area contributed by atoms with Crippen LogP contribution in [0.3, 0.4) is 0 Å². The molecule has 1 aromatic heterocycles. The molecule has 5 nitrogen and oxygen atoms in total. The molecule has 1 N–H and O–H groups in total. The van der Waals surface area contributed by atoms with E-state index in [9.17, 15) is 0 Å². The Bertz CT molecular complexity index is 358. The van der Waals surface area contributed by atoms with E-state index in [1.165, 1.54) is 0 Å². The van der Waals surface area contributed by atoms with E-state index in [4.69, 9.17) is 0 Å². The Balaban J connectivity index is 2.38. The molecule has 5 heteroatoms. The van der Waals surface area contributed by atoms with Crippen LogP contribution in [0.5, 0.6) is 0 Å². The zero-order valence-electron chi connectivity index (χ0n) is 12.5. The van der Waals surface area contributed by atoms with Crippen LogP contribution < -0.4 is 5.32 Å². The van der Waals surface area contributed by atoms with Gasteiger partial charge in [-0.05, 0) is 26.8 Å². The normalized spacial score (nSPS) is 11.4. The zero-order chi connectivity index (χ0) is 14.1. The number of rotatable bonds is 10. The number of hydrogen-bond acceptors (Lipinski definition) is 4. The Morgan fingerprint density at radius 2 is 2.32 bits per heavy atom. The average Bonchev–Trinajstić information content (AvgIpc) is 2.82. The van der Waals surface area contributed by atoms with Crippen LogP contribution in [0.25, 0.3) is 0 Å². The van der Waals surface area contributed by atoms with E-state index in [2.05, 4.69) is 47.9 Å². The van der Waals surface area contributed by atoms with Crippen molar-refractivity contribution in [2.24, 2.45) is 0 Å². The molecule has 0 radical (unpaired) electrons. The van der Waals surface area contributed by atoms with E-state index in [-0.39, 0.29) is 0 Å². The quantitative estimate of drug-likeness (QED) is 0.516. The lowest BCUT2D eigenvalue weighted by molar-refractivity contribution is 0.232. The fourth-order valence-corrected chi connectivity index (χ4v) is 1.88. The van der Waals surface area contributed by atoms with E-state index in [1.54, 1.807) is 0 Å². The minimum atomic E-state index is 0.521. The van der Waals surface area contributed by atoms with Crippen molar-refractivity contribution in [3.05, 3.63) is 24.5 Å². The standard InChI is InChI=1S/C14H27N5/c1-5-7-15-11-14-12-19(17-16-14)10-9-18(8-6-2)13(3)4/h6,12-13,15H,2,5,7-11H2,1,3-4H3. The topological polar surface area (TPSA) is 46.0 Å². The molecule has 0 aliphatic heterocycles. The van der Waals surface area contributed by atoms with Crippen LogP contribution in [0.15, 0.2) is 18.9 Å². The van der Waals surface area contributed by atoms with Gasteiger partial charge < -0.3 is 5.32 Å². The van der Waals surface area contributed by atoms with Crippen LogP contribution >= 0.6 is 0 Å². The summed E-state index contributed by atoms with van der Waals surface area (Å²) in [5.41, 5.74) is 1.01. The Hall–Kier alpha value is -1.20. The Morgan fingerprint density at radius 1 is 1.53 bits per heavy atom. The molecule has 0 fully saturated rings. The lowest BCUT2D eigenvalue weighted by Crippen LogP contribution is -2.34. The first-order chi connectivity index (χ1) is 9.17. The van der Waals surface area contributed by atoms with Gasteiger partial charge in [-0.15, -0.1) is 11.7 Å². The van der Waals surface area contributed by atoms with E-state index in [1.807, 2.05) is 17.0 Å². The smallest absolute Gasteiger partial charge is 0.0964 e. The SMILES string of the molecule is C=CCN(CCn1cc(CNCCC)nn1)C(C)C. The summed E-state index contributed by atoms with van der Waals surface area (Å²) < 4.78 is 1.92. The molecule has 1 aromatic rings. The highest BCUT2D eigenvalue weighted by Gasteiger charge is 2.08. The van der Waals surface area contributed by atoms with Gasteiger partial charge in [0.2, 0.25) is 0 Å². The molecule has 108 valence electrons. The summed E-state index contributed by atoms with van der Waals surface area (Å²) in [4.78, 5) is 2.36. The van der Waals surface area contributed by atoms with Gasteiger partial charge in [0, 0.05) is 31.9 Å². The summed E-state index contributed by atoms with van der Waals surface area (Å²) in [6.07, 6.45) is 5.11. The van der Waals surface area contributed by atoms with Crippen molar-refractivity contribution in [3.8, 4) is 0 Å². The van der Waals surface area contributed by atoms with Crippen molar-refractivity contribution in [3.63, 3.8) is 0 Å². The van der Waals surface area contributed by atoms with Crippen molar-refractivity contribution in [1.82, 2.24) is 25.2 Å². The highest BCUT2D eigenvalue weighted by molar-refractivity contribution is 4.91. The maximum atomic E-state index is 4.17. The molecular formula is C14H27N5. The van der Waals surface area contributed by atoms with E-state index < -0.39 is 0 Å². The number of nitrogens with one attached hydrogen (secondary N) is 1. The average molecular weight is 265 g/mol. The van der Waals surface area contributed by atoms with Crippen molar-refractivity contribution >= 4 is 0 Å². The third-order valence-corrected chi connectivity index (χ3v) is 3.03. The van der Waals surface area contributed by atoms with Gasteiger partial charge in [-0.25, -0.2) is 0 Å². The molecule has 0 aliphatic carbocycles. The minimum absolute atomic E-state index is 0.521. The van der Waals surface area contributed by atoms with Crippen molar-refractivity contribution in [2.45, 2.75) is 46.3 Å². The first-order valence-corrected chi connectivity index (χ1v) is 7.12. The van der Waals surface area contributed by atoms with Gasteiger partial charge in [0.15, 0.2) is 0 Å². The maximum absolute atomic E-state index is 4.17. The molecule has 0 saturated heterocycles. The predicted molar refractivity (Wildman–Crippen MR) is 78.9 cm³/mol. The zero-order valence-corrected chi connectivity index (χ0v) is 12.5. The summed E-state index contributed by atoms with van der Waals surface area (Å²) in [5, 5.41) is 11.7. The van der Waals surface area contributed by atoms with E-state index in [0.29, 0.717) is 6.04 Å². The lowest BCUT2D eigenvalue weighted by Gasteiger charge is -2.24. The molecule has 0 spiro atoms. The summed E-state index contributed by atoms with van der Waals surface area (Å²) >= 11 is 0. The highest BCUT2D eigenvalue weighted by Crippen LogP contribution is 2.00. The van der Waals surface area contributed by atoms with Gasteiger partial charge >= 0.3 is 0 Å². The van der Waals surface area contributed by atoms with Crippen LogP contribution in [0, 0.1) is 0 Å². The summed E-state index contributed by atoms with van der Waals surface area (Å²) in [5.74, 6) is 0. The molecular weight excluding hydrogens is 238 g/mol. The van der Waals surface area contributed by atoms with Crippen LogP contribution in [0.2, 0.25) is 0 Å². The van der Waals surface area contributed by atoms with Gasteiger partial charge in [-0.3, -0.25) is 9.58 Å². The molecule has 0 amide bonds. The van der Waals surface area contributed by atoms with Crippen molar-refractivity contribution < 1.29 is 0 Å². The van der Waals surface area contributed by atoms with Crippen LogP contribution in [0.1, 0.15) is 32.9 Å². The second-order valence-corrected chi connectivity index (χ2v) is 5.03. The number of nitrogens with zero attached hydrogens (tertiary/aromatic N) is 4. The highest BCUT2D eigenvalue weighted by atomic mass is 15.4. The van der Waals surface area contributed by atoms with Crippen molar-refractivity contribution in [2.75, 3.05) is 19.6 Å². The molecule has 0 saturated carbocycles. The number of aromatic nitrogens is 3. The first-order valence-electron chi connectivity index (χ1n) is 7.12. The first kappa shape index (κ1) is 15.9. The second-order valence-electron chi connectivity index (χ2n) is 5.03.